The number of carboxylic acids is 1. The van der Waals surface area contributed by atoms with E-state index in [-0.39, 0.29) is 5.92 Å². The number of halogens is 1. The van der Waals surface area contributed by atoms with Crippen molar-refractivity contribution >= 4 is 5.97 Å². The Morgan fingerprint density at radius 1 is 1.19 bits per heavy atom. The fourth-order valence-corrected chi connectivity index (χ4v) is 1.65. The summed E-state index contributed by atoms with van der Waals surface area (Å²) < 4.78 is 13.6. The van der Waals surface area contributed by atoms with Gasteiger partial charge in [-0.25, -0.2) is 9.18 Å². The van der Waals surface area contributed by atoms with E-state index in [2.05, 4.69) is 0 Å². The minimum Gasteiger partial charge on any atom is -0.478 e. The first-order chi connectivity index (χ1) is 7.62. The molecule has 3 heteroatoms. The molecule has 1 aliphatic carbocycles. The summed E-state index contributed by atoms with van der Waals surface area (Å²) in [5.41, 5.74) is -1.34. The van der Waals surface area contributed by atoms with Crippen LogP contribution in [0.5, 0.6) is 0 Å². The number of hydrogen-bond donors (Lipinski definition) is 1. The molecule has 0 fully saturated rings. The van der Waals surface area contributed by atoms with Gasteiger partial charge in [-0.05, 0) is 17.7 Å². The molecule has 1 N–H and O–H groups in total. The molecule has 1 aromatic rings. The van der Waals surface area contributed by atoms with Crippen molar-refractivity contribution in [1.29, 1.82) is 0 Å². The molecule has 1 aromatic carbocycles. The molecule has 0 unspecified atom stereocenters. The molecule has 2 nitrogen and oxygen atoms in total. The largest absolute Gasteiger partial charge is 0.478 e. The van der Waals surface area contributed by atoms with Crippen LogP contribution in [-0.2, 0) is 4.79 Å². The first-order valence-electron chi connectivity index (χ1n) is 4.98. The van der Waals surface area contributed by atoms with Gasteiger partial charge in [-0.15, -0.1) is 0 Å². The fourth-order valence-electron chi connectivity index (χ4n) is 1.65. The Bertz CT molecular complexity index is 434. The van der Waals surface area contributed by atoms with E-state index < -0.39 is 11.6 Å². The number of aliphatic carboxylic acids is 1. The van der Waals surface area contributed by atoms with Crippen LogP contribution in [0.25, 0.3) is 0 Å². The molecule has 0 heterocycles. The molecule has 0 bridgehead atoms. The zero-order chi connectivity index (χ0) is 11.6. The summed E-state index contributed by atoms with van der Waals surface area (Å²) in [4.78, 5) is 10.6. The first kappa shape index (κ1) is 10.6. The van der Waals surface area contributed by atoms with Crippen molar-refractivity contribution in [1.82, 2.24) is 0 Å². The fraction of sp³-hybridized carbons (Fsp3) is 0.154. The van der Waals surface area contributed by atoms with E-state index in [0.717, 1.165) is 17.7 Å². The Kier molecular flexibility index (Phi) is 2.60. The zero-order valence-electron chi connectivity index (χ0n) is 8.51. The van der Waals surface area contributed by atoms with Crippen LogP contribution in [0.4, 0.5) is 4.39 Å². The van der Waals surface area contributed by atoms with Crippen LogP contribution < -0.4 is 0 Å². The summed E-state index contributed by atoms with van der Waals surface area (Å²) in [6.07, 6.45) is 5.33. The van der Waals surface area contributed by atoms with Gasteiger partial charge >= 0.3 is 5.97 Å². The predicted octanol–water partition coefficient (Wildman–Crippen LogP) is 2.69. The molecule has 1 aliphatic rings. The number of rotatable bonds is 2. The third-order valence-electron chi connectivity index (χ3n) is 2.60. The summed E-state index contributed by atoms with van der Waals surface area (Å²) in [5.74, 6) is -1.53. The highest BCUT2D eigenvalue weighted by atomic mass is 19.1. The summed E-state index contributed by atoms with van der Waals surface area (Å²) in [6.45, 7) is 0. The van der Waals surface area contributed by atoms with Crippen LogP contribution >= 0.6 is 0 Å². The summed E-state index contributed by atoms with van der Waals surface area (Å²) in [6, 6.07) is 9.53. The number of carboxylic acid groups (broad SMARTS) is 1. The van der Waals surface area contributed by atoms with E-state index in [0.29, 0.717) is 0 Å². The van der Waals surface area contributed by atoms with Crippen molar-refractivity contribution in [3.05, 3.63) is 60.2 Å². The molecule has 0 aliphatic heterocycles. The maximum atomic E-state index is 13.6. The van der Waals surface area contributed by atoms with Crippen molar-refractivity contribution < 1.29 is 14.3 Å². The van der Waals surface area contributed by atoms with Gasteiger partial charge in [0.2, 0.25) is 5.67 Å². The number of carbonyl (C=O) groups is 1. The molecule has 2 rings (SSSR count). The zero-order valence-corrected chi connectivity index (χ0v) is 8.51. The molecule has 0 spiro atoms. The lowest BCUT2D eigenvalue weighted by Gasteiger charge is -2.19. The van der Waals surface area contributed by atoms with Crippen molar-refractivity contribution in [3.8, 4) is 0 Å². The average Bonchev–Trinajstić information content (AvgIpc) is 2.31. The van der Waals surface area contributed by atoms with Crippen molar-refractivity contribution in [2.45, 2.75) is 11.6 Å². The quantitative estimate of drug-likeness (QED) is 0.775. The van der Waals surface area contributed by atoms with Gasteiger partial charge < -0.3 is 5.11 Å². The molecule has 16 heavy (non-hydrogen) atoms. The topological polar surface area (TPSA) is 37.3 Å². The Balaban J connectivity index is 2.22. The molecule has 0 saturated heterocycles. The molecule has 0 atom stereocenters. The van der Waals surface area contributed by atoms with Gasteiger partial charge in [0, 0.05) is 5.92 Å². The minimum atomic E-state index is -2.36. The van der Waals surface area contributed by atoms with Crippen LogP contribution in [-0.4, -0.2) is 16.7 Å². The second-order valence-corrected chi connectivity index (χ2v) is 3.73. The second-order valence-electron chi connectivity index (χ2n) is 3.73. The molecule has 82 valence electrons. The standard InChI is InChI=1S/C13H11FO2/c14-13(12(15)16)8-6-11(7-9-13)10-4-2-1-3-5-10/h1-9,11H,(H,15,16). The Morgan fingerprint density at radius 2 is 1.75 bits per heavy atom. The highest BCUT2D eigenvalue weighted by molar-refractivity contribution is 5.83. The number of benzene rings is 1. The molecular formula is C13H11FO2. The van der Waals surface area contributed by atoms with Gasteiger partial charge in [0.15, 0.2) is 0 Å². The van der Waals surface area contributed by atoms with Crippen LogP contribution in [0.15, 0.2) is 54.6 Å². The smallest absolute Gasteiger partial charge is 0.349 e. The predicted molar refractivity (Wildman–Crippen MR) is 58.9 cm³/mol. The number of alkyl halides is 1. The maximum Gasteiger partial charge on any atom is 0.349 e. The Hall–Kier alpha value is -1.90. The molecule has 0 saturated carbocycles. The van der Waals surface area contributed by atoms with Crippen LogP contribution in [0.2, 0.25) is 0 Å². The van der Waals surface area contributed by atoms with Gasteiger partial charge in [-0.1, -0.05) is 42.5 Å². The van der Waals surface area contributed by atoms with Crippen LogP contribution in [0, 0.1) is 0 Å². The molecular weight excluding hydrogens is 207 g/mol. The van der Waals surface area contributed by atoms with Crippen LogP contribution in [0.3, 0.4) is 0 Å². The summed E-state index contributed by atoms with van der Waals surface area (Å²) in [5, 5.41) is 8.68. The summed E-state index contributed by atoms with van der Waals surface area (Å²) >= 11 is 0. The van der Waals surface area contributed by atoms with Crippen LogP contribution in [0.1, 0.15) is 11.5 Å². The average molecular weight is 218 g/mol. The SMILES string of the molecule is O=C(O)C1(F)C=CC(c2ccccc2)C=C1. The molecule has 0 radical (unpaired) electrons. The lowest BCUT2D eigenvalue weighted by atomic mass is 9.89. The highest BCUT2D eigenvalue weighted by Crippen LogP contribution is 2.28. The van der Waals surface area contributed by atoms with Gasteiger partial charge in [-0.3, -0.25) is 0 Å². The van der Waals surface area contributed by atoms with E-state index in [4.69, 9.17) is 5.11 Å². The monoisotopic (exact) mass is 218 g/mol. The lowest BCUT2D eigenvalue weighted by Crippen LogP contribution is -2.30. The van der Waals surface area contributed by atoms with E-state index in [1.807, 2.05) is 30.3 Å². The highest BCUT2D eigenvalue weighted by Gasteiger charge is 2.34. The normalized spacial score (nSPS) is 27.9. The third-order valence-corrected chi connectivity index (χ3v) is 2.60. The van der Waals surface area contributed by atoms with E-state index in [1.54, 1.807) is 12.2 Å². The minimum absolute atomic E-state index is 0.0515. The van der Waals surface area contributed by atoms with E-state index in [1.165, 1.54) is 0 Å². The second kappa shape index (κ2) is 3.93. The van der Waals surface area contributed by atoms with Gasteiger partial charge in [0.1, 0.15) is 0 Å². The Labute approximate surface area is 92.7 Å². The summed E-state index contributed by atoms with van der Waals surface area (Å²) in [7, 11) is 0. The van der Waals surface area contributed by atoms with Gasteiger partial charge in [0.25, 0.3) is 0 Å². The first-order valence-corrected chi connectivity index (χ1v) is 4.98. The van der Waals surface area contributed by atoms with Crippen molar-refractivity contribution in [2.75, 3.05) is 0 Å². The van der Waals surface area contributed by atoms with Gasteiger partial charge in [-0.2, -0.15) is 0 Å². The maximum absolute atomic E-state index is 13.6. The molecule has 0 amide bonds. The number of hydrogen-bond acceptors (Lipinski definition) is 1. The lowest BCUT2D eigenvalue weighted by molar-refractivity contribution is -0.144. The molecule has 0 aromatic heterocycles. The van der Waals surface area contributed by atoms with Crippen molar-refractivity contribution in [2.24, 2.45) is 0 Å². The third kappa shape index (κ3) is 1.89. The van der Waals surface area contributed by atoms with Gasteiger partial charge in [0.05, 0.1) is 0 Å². The van der Waals surface area contributed by atoms with E-state index in [9.17, 15) is 9.18 Å². The number of allylic oxidation sites excluding steroid dienone is 2. The Morgan fingerprint density at radius 3 is 2.25 bits per heavy atom. The van der Waals surface area contributed by atoms with E-state index >= 15 is 0 Å². The van der Waals surface area contributed by atoms with Crippen molar-refractivity contribution in [3.63, 3.8) is 0 Å².